The second-order valence-corrected chi connectivity index (χ2v) is 8.18. The second-order valence-electron chi connectivity index (χ2n) is 7.26. The molecular weight excluding hydrogens is 426 g/mol. The van der Waals surface area contributed by atoms with Crippen LogP contribution in [0.4, 0.5) is 5.69 Å². The molecular formula is C24H23N3O4S. The van der Waals surface area contributed by atoms with Crippen molar-refractivity contribution in [3.63, 3.8) is 0 Å². The number of ether oxygens (including phenoxy) is 1. The minimum Gasteiger partial charge on any atom is -0.494 e. The number of nitrogens with zero attached hydrogens (tertiary/aromatic N) is 3. The van der Waals surface area contributed by atoms with Crippen LogP contribution in [0.1, 0.15) is 12.5 Å². The smallest absolute Gasteiger partial charge is 0.332 e. The fraction of sp³-hybridized carbons (Fsp3) is 0.208. The molecule has 0 radical (unpaired) electrons. The molecule has 2 aromatic carbocycles. The third-order valence-electron chi connectivity index (χ3n) is 5.20. The Morgan fingerprint density at radius 3 is 2.56 bits per heavy atom. The Labute approximate surface area is 188 Å². The summed E-state index contributed by atoms with van der Waals surface area (Å²) < 4.78 is 8.53. The maximum atomic E-state index is 13.3. The molecule has 164 valence electrons. The van der Waals surface area contributed by atoms with Crippen LogP contribution in [-0.2, 0) is 17.9 Å². The van der Waals surface area contributed by atoms with Crippen molar-refractivity contribution in [1.29, 1.82) is 0 Å². The number of hydrogen-bond donors (Lipinski definition) is 0. The number of benzene rings is 2. The first kappa shape index (κ1) is 21.6. The Bertz CT molecular complexity index is 1370. The molecule has 0 aliphatic rings. The molecule has 2 aromatic heterocycles. The lowest BCUT2D eigenvalue weighted by molar-refractivity contribution is -0.118. The fourth-order valence-electron chi connectivity index (χ4n) is 3.55. The van der Waals surface area contributed by atoms with Crippen LogP contribution in [0.5, 0.6) is 5.75 Å². The van der Waals surface area contributed by atoms with Crippen molar-refractivity contribution in [3.8, 4) is 5.75 Å². The molecule has 1 amide bonds. The van der Waals surface area contributed by atoms with Crippen LogP contribution in [0.3, 0.4) is 0 Å². The van der Waals surface area contributed by atoms with Gasteiger partial charge in [0, 0.05) is 12.7 Å². The highest BCUT2D eigenvalue weighted by atomic mass is 32.1. The highest BCUT2D eigenvalue weighted by Gasteiger charge is 2.19. The number of anilines is 1. The third kappa shape index (κ3) is 4.22. The topological polar surface area (TPSA) is 73.5 Å². The molecule has 7 nitrogen and oxygen atoms in total. The summed E-state index contributed by atoms with van der Waals surface area (Å²) in [5.41, 5.74) is 1.09. The number of thiophene rings is 1. The molecule has 2 heterocycles. The first-order valence-corrected chi connectivity index (χ1v) is 11.1. The van der Waals surface area contributed by atoms with Crippen molar-refractivity contribution in [2.75, 3.05) is 18.6 Å². The Kier molecular flexibility index (Phi) is 6.23. The lowest BCUT2D eigenvalue weighted by Gasteiger charge is -2.19. The summed E-state index contributed by atoms with van der Waals surface area (Å²) in [4.78, 5) is 40.9. The molecule has 8 heteroatoms. The van der Waals surface area contributed by atoms with Crippen LogP contribution in [-0.4, -0.2) is 28.7 Å². The van der Waals surface area contributed by atoms with Crippen molar-refractivity contribution < 1.29 is 9.53 Å². The van der Waals surface area contributed by atoms with Gasteiger partial charge in [0.1, 0.15) is 17.0 Å². The summed E-state index contributed by atoms with van der Waals surface area (Å²) in [6, 6.07) is 18.2. The van der Waals surface area contributed by atoms with Crippen LogP contribution in [0.25, 0.3) is 10.2 Å². The van der Waals surface area contributed by atoms with Gasteiger partial charge in [0.2, 0.25) is 5.91 Å². The van der Waals surface area contributed by atoms with Gasteiger partial charge in [0.15, 0.2) is 0 Å². The molecule has 0 unspecified atom stereocenters. The number of hydrogen-bond acceptors (Lipinski definition) is 5. The summed E-state index contributed by atoms with van der Waals surface area (Å²) in [5.74, 6) is 0.421. The van der Waals surface area contributed by atoms with Gasteiger partial charge in [-0.2, -0.15) is 0 Å². The van der Waals surface area contributed by atoms with E-state index in [9.17, 15) is 14.4 Å². The van der Waals surface area contributed by atoms with E-state index in [0.717, 1.165) is 11.3 Å². The van der Waals surface area contributed by atoms with Gasteiger partial charge < -0.3 is 9.64 Å². The zero-order valence-corrected chi connectivity index (χ0v) is 18.7. The number of para-hydroxylation sites is 1. The molecule has 32 heavy (non-hydrogen) atoms. The lowest BCUT2D eigenvalue weighted by atomic mass is 10.2. The van der Waals surface area contributed by atoms with Crippen molar-refractivity contribution in [2.45, 2.75) is 20.0 Å². The maximum absolute atomic E-state index is 13.3. The van der Waals surface area contributed by atoms with E-state index in [1.165, 1.54) is 25.4 Å². The van der Waals surface area contributed by atoms with Gasteiger partial charge >= 0.3 is 5.69 Å². The van der Waals surface area contributed by atoms with E-state index in [2.05, 4.69) is 0 Å². The Morgan fingerprint density at radius 2 is 1.81 bits per heavy atom. The standard InChI is InChI=1S/C24H23N3O4S/c1-3-31-19-11-7-8-17(14-19)15-27-23(29)22-20(12-13-32-22)26(24(27)30)16-21(28)25(2)18-9-5-4-6-10-18/h4-14H,3,15-16H2,1-2H3. The molecule has 0 bridgehead atoms. The monoisotopic (exact) mass is 449 g/mol. The van der Waals surface area contributed by atoms with Gasteiger partial charge in [-0.15, -0.1) is 11.3 Å². The quantitative estimate of drug-likeness (QED) is 0.434. The van der Waals surface area contributed by atoms with Crippen LogP contribution >= 0.6 is 11.3 Å². The molecule has 4 rings (SSSR count). The Morgan fingerprint density at radius 1 is 1.03 bits per heavy atom. The highest BCUT2D eigenvalue weighted by Crippen LogP contribution is 2.18. The SMILES string of the molecule is CCOc1cccc(Cn2c(=O)c3sccc3n(CC(=O)N(C)c3ccccc3)c2=O)c1. The summed E-state index contributed by atoms with van der Waals surface area (Å²) in [6.07, 6.45) is 0. The number of carbonyl (C=O) groups is 1. The zero-order valence-electron chi connectivity index (χ0n) is 17.9. The predicted molar refractivity (Wildman–Crippen MR) is 127 cm³/mol. The number of likely N-dealkylation sites (N-methyl/N-ethyl adjacent to an activating group) is 1. The van der Waals surface area contributed by atoms with Gasteiger partial charge in [-0.25, -0.2) is 4.79 Å². The minimum absolute atomic E-state index is 0.0924. The van der Waals surface area contributed by atoms with E-state index >= 15 is 0 Å². The molecule has 0 N–H and O–H groups in total. The number of fused-ring (bicyclic) bond motifs is 1. The van der Waals surface area contributed by atoms with E-state index in [0.29, 0.717) is 22.6 Å². The average molecular weight is 450 g/mol. The van der Waals surface area contributed by atoms with E-state index in [1.54, 1.807) is 18.5 Å². The fourth-order valence-corrected chi connectivity index (χ4v) is 4.39. The third-order valence-corrected chi connectivity index (χ3v) is 6.09. The number of aromatic nitrogens is 2. The van der Waals surface area contributed by atoms with Crippen LogP contribution in [0.15, 0.2) is 75.6 Å². The zero-order chi connectivity index (χ0) is 22.7. The second kappa shape index (κ2) is 9.23. The van der Waals surface area contributed by atoms with E-state index in [1.807, 2.05) is 61.5 Å². The van der Waals surface area contributed by atoms with Crippen molar-refractivity contribution >= 4 is 33.1 Å². The van der Waals surface area contributed by atoms with Crippen molar-refractivity contribution in [2.24, 2.45) is 0 Å². The Hall–Kier alpha value is -3.65. The number of amides is 1. The lowest BCUT2D eigenvalue weighted by Crippen LogP contribution is -2.42. The minimum atomic E-state index is -0.516. The summed E-state index contributed by atoms with van der Waals surface area (Å²) >= 11 is 1.26. The van der Waals surface area contributed by atoms with E-state index in [4.69, 9.17) is 4.74 Å². The molecule has 0 saturated carbocycles. The molecule has 0 aliphatic carbocycles. The van der Waals surface area contributed by atoms with Gasteiger partial charge in [-0.3, -0.25) is 18.7 Å². The van der Waals surface area contributed by atoms with Gasteiger partial charge in [-0.05, 0) is 48.2 Å². The van der Waals surface area contributed by atoms with E-state index in [-0.39, 0.29) is 24.6 Å². The van der Waals surface area contributed by atoms with E-state index < -0.39 is 5.69 Å². The molecule has 0 fully saturated rings. The van der Waals surface area contributed by atoms with Gasteiger partial charge in [0.25, 0.3) is 5.56 Å². The summed E-state index contributed by atoms with van der Waals surface area (Å²) in [5, 5.41) is 1.76. The summed E-state index contributed by atoms with van der Waals surface area (Å²) in [6.45, 7) is 2.34. The maximum Gasteiger partial charge on any atom is 0.332 e. The Balaban J connectivity index is 1.73. The first-order chi connectivity index (χ1) is 15.5. The summed E-state index contributed by atoms with van der Waals surface area (Å²) in [7, 11) is 1.67. The molecule has 0 saturated heterocycles. The van der Waals surface area contributed by atoms with Crippen LogP contribution < -0.4 is 20.9 Å². The van der Waals surface area contributed by atoms with Crippen molar-refractivity contribution in [1.82, 2.24) is 9.13 Å². The van der Waals surface area contributed by atoms with Crippen LogP contribution in [0.2, 0.25) is 0 Å². The predicted octanol–water partition coefficient (Wildman–Crippen LogP) is 3.33. The van der Waals surface area contributed by atoms with Crippen molar-refractivity contribution in [3.05, 3.63) is 92.4 Å². The average Bonchev–Trinajstić information content (AvgIpc) is 3.30. The highest BCUT2D eigenvalue weighted by molar-refractivity contribution is 7.17. The molecule has 4 aromatic rings. The number of rotatable bonds is 7. The largest absolute Gasteiger partial charge is 0.494 e. The molecule has 0 atom stereocenters. The molecule has 0 spiro atoms. The first-order valence-electron chi connectivity index (χ1n) is 10.2. The van der Waals surface area contributed by atoms with Gasteiger partial charge in [-0.1, -0.05) is 30.3 Å². The van der Waals surface area contributed by atoms with Gasteiger partial charge in [0.05, 0.1) is 18.7 Å². The molecule has 0 aliphatic heterocycles. The van der Waals surface area contributed by atoms with Crippen LogP contribution in [0, 0.1) is 0 Å². The normalized spacial score (nSPS) is 10.9. The number of carbonyl (C=O) groups excluding carboxylic acids is 1.